The van der Waals surface area contributed by atoms with Gasteiger partial charge in [0.15, 0.2) is 8.32 Å². The predicted octanol–water partition coefficient (Wildman–Crippen LogP) is 5.23. The number of ether oxygens (including phenoxy) is 1. The van der Waals surface area contributed by atoms with Crippen molar-refractivity contribution in [2.75, 3.05) is 7.11 Å². The minimum Gasteiger partial charge on any atom is -0.469 e. The molecule has 0 aromatic heterocycles. The number of carbonyl (C=O) groups excluding carboxylic acids is 1. The van der Waals surface area contributed by atoms with Gasteiger partial charge in [0.2, 0.25) is 0 Å². The number of carbonyl (C=O) groups is 1. The molecule has 0 bridgehead atoms. The second-order valence-corrected chi connectivity index (χ2v) is 13.5. The Bertz CT molecular complexity index is 409. The second kappa shape index (κ2) is 7.45. The molecule has 0 heterocycles. The van der Waals surface area contributed by atoms with Crippen LogP contribution in [0.4, 0.5) is 0 Å². The molecule has 5 heteroatoms. The van der Waals surface area contributed by atoms with Crippen LogP contribution in [0.15, 0.2) is 0 Å². The molecule has 0 spiro atoms. The molecule has 0 aliphatic heterocycles. The quantitative estimate of drug-likeness (QED) is 0.353. The summed E-state index contributed by atoms with van der Waals surface area (Å²) in [7, 11) is -0.290. The number of hydrogen-bond acceptors (Lipinski definition) is 3. The van der Waals surface area contributed by atoms with Gasteiger partial charge in [-0.05, 0) is 57.2 Å². The molecule has 23 heavy (non-hydrogen) atoms. The molecule has 4 atom stereocenters. The second-order valence-electron chi connectivity index (χ2n) is 7.87. The van der Waals surface area contributed by atoms with Crippen LogP contribution in [0.25, 0.3) is 0 Å². The van der Waals surface area contributed by atoms with E-state index in [2.05, 4.69) is 34.6 Å². The van der Waals surface area contributed by atoms with Crippen molar-refractivity contribution in [3.8, 4) is 0 Å². The van der Waals surface area contributed by atoms with E-state index < -0.39 is 13.2 Å². The van der Waals surface area contributed by atoms with Gasteiger partial charge in [-0.2, -0.15) is 0 Å². The van der Waals surface area contributed by atoms with E-state index in [0.717, 1.165) is 24.6 Å². The van der Waals surface area contributed by atoms with E-state index in [1.54, 1.807) is 0 Å². The summed E-state index contributed by atoms with van der Waals surface area (Å²) < 4.78 is 12.0. The molecule has 1 fully saturated rings. The first-order valence-corrected chi connectivity index (χ1v) is 11.9. The topological polar surface area (TPSA) is 35.5 Å². The van der Waals surface area contributed by atoms with Gasteiger partial charge in [0.05, 0.1) is 18.6 Å². The molecule has 1 rings (SSSR count). The highest BCUT2D eigenvalue weighted by atomic mass is 35.5. The van der Waals surface area contributed by atoms with Crippen molar-refractivity contribution in [3.63, 3.8) is 0 Å². The lowest BCUT2D eigenvalue weighted by molar-refractivity contribution is -0.149. The number of hydrogen-bond donors (Lipinski definition) is 0. The average molecular weight is 363 g/mol. The monoisotopic (exact) mass is 362 g/mol. The van der Waals surface area contributed by atoms with Crippen LogP contribution in [0.3, 0.4) is 0 Å². The van der Waals surface area contributed by atoms with Gasteiger partial charge in [-0.15, -0.1) is 11.6 Å². The molecule has 0 radical (unpaired) electrons. The van der Waals surface area contributed by atoms with Gasteiger partial charge < -0.3 is 9.16 Å². The highest BCUT2D eigenvalue weighted by molar-refractivity contribution is 6.73. The molecule has 3 nitrogen and oxygen atoms in total. The van der Waals surface area contributed by atoms with Crippen LogP contribution in [0.5, 0.6) is 0 Å². The predicted molar refractivity (Wildman–Crippen MR) is 99.4 cm³/mol. The minimum atomic E-state index is -1.76. The van der Waals surface area contributed by atoms with Crippen LogP contribution in [0, 0.1) is 17.8 Å². The smallest absolute Gasteiger partial charge is 0.309 e. The maximum atomic E-state index is 12.4. The van der Waals surface area contributed by atoms with E-state index in [0.29, 0.717) is 0 Å². The maximum absolute atomic E-state index is 12.4. The Kier molecular flexibility index (Phi) is 6.79. The number of halogens is 1. The summed E-state index contributed by atoms with van der Waals surface area (Å²) in [4.78, 5) is 12.0. The molecule has 1 saturated carbocycles. The van der Waals surface area contributed by atoms with Gasteiger partial charge in [-0.3, -0.25) is 4.79 Å². The highest BCUT2D eigenvalue weighted by Crippen LogP contribution is 2.53. The Morgan fingerprint density at radius 2 is 1.74 bits per heavy atom. The summed E-state index contributed by atoms with van der Waals surface area (Å²) in [5.74, 6) is -0.182. The first kappa shape index (κ1) is 21.0. The molecular weight excluding hydrogens is 328 g/mol. The number of methoxy groups -OCH3 is 1. The number of esters is 1. The van der Waals surface area contributed by atoms with Gasteiger partial charge in [-0.1, -0.05) is 27.7 Å². The summed E-state index contributed by atoms with van der Waals surface area (Å²) in [6, 6.07) is 3.33. The largest absolute Gasteiger partial charge is 0.469 e. The molecule has 1 aliphatic carbocycles. The Labute approximate surface area is 148 Å². The van der Waals surface area contributed by atoms with Crippen LogP contribution in [-0.4, -0.2) is 31.9 Å². The zero-order valence-corrected chi connectivity index (χ0v) is 17.9. The highest BCUT2D eigenvalue weighted by Gasteiger charge is 2.58. The van der Waals surface area contributed by atoms with Crippen molar-refractivity contribution in [1.29, 1.82) is 0 Å². The van der Waals surface area contributed by atoms with Gasteiger partial charge in [-0.25, -0.2) is 0 Å². The molecular formula is C18H35ClO3Si. The Balaban J connectivity index is 3.20. The number of alkyl halides is 1. The lowest BCUT2D eigenvalue weighted by Gasteiger charge is -2.41. The molecule has 136 valence electrons. The van der Waals surface area contributed by atoms with E-state index in [4.69, 9.17) is 20.8 Å². The fourth-order valence-electron chi connectivity index (χ4n) is 4.25. The Morgan fingerprint density at radius 1 is 1.26 bits per heavy atom. The van der Waals surface area contributed by atoms with E-state index in [-0.39, 0.29) is 29.3 Å². The summed E-state index contributed by atoms with van der Waals surface area (Å²) in [6.07, 6.45) is 0.819. The maximum Gasteiger partial charge on any atom is 0.309 e. The molecule has 0 unspecified atom stereocenters. The molecule has 0 N–H and O–H groups in total. The van der Waals surface area contributed by atoms with Crippen LogP contribution in [-0.2, 0) is 14.0 Å². The molecule has 0 aromatic rings. The van der Waals surface area contributed by atoms with Crippen LogP contribution >= 0.6 is 11.6 Å². The Hall–Kier alpha value is -0.0631. The van der Waals surface area contributed by atoms with E-state index >= 15 is 0 Å². The lowest BCUT2D eigenvalue weighted by atomic mass is 9.82. The average Bonchev–Trinajstić information content (AvgIpc) is 2.76. The third-order valence-corrected chi connectivity index (χ3v) is 11.3. The van der Waals surface area contributed by atoms with Gasteiger partial charge >= 0.3 is 5.97 Å². The van der Waals surface area contributed by atoms with E-state index in [9.17, 15) is 4.79 Å². The fourth-order valence-corrected chi connectivity index (χ4v) is 7.65. The third kappa shape index (κ3) is 4.13. The minimum absolute atomic E-state index is 0.0638. The third-order valence-electron chi connectivity index (χ3n) is 6.30. The van der Waals surface area contributed by atoms with Crippen molar-refractivity contribution >= 4 is 25.9 Å². The van der Waals surface area contributed by atoms with E-state index in [1.807, 2.05) is 13.8 Å². The summed E-state index contributed by atoms with van der Waals surface area (Å²) in [5.41, 5.74) is -0.302. The fraction of sp³-hybridized carbons (Fsp3) is 0.944. The van der Waals surface area contributed by atoms with Crippen molar-refractivity contribution in [2.24, 2.45) is 17.8 Å². The zero-order valence-electron chi connectivity index (χ0n) is 16.2. The van der Waals surface area contributed by atoms with Crippen molar-refractivity contribution in [2.45, 2.75) is 83.5 Å². The SMILES string of the molecule is CC[Si](CC)(CC)O[C@@]1(C)C[C@@H](C(C)(C)Cl)[C@H](C(=O)OC)[C@H]1C. The Morgan fingerprint density at radius 3 is 2.09 bits per heavy atom. The van der Waals surface area contributed by atoms with Crippen molar-refractivity contribution < 1.29 is 14.0 Å². The standard InChI is InChI=1S/C18H35ClO3Si/c1-9-23(10-2,11-3)22-18(7)12-14(17(5,6)19)15(13(18)4)16(20)21-8/h13-15H,9-12H2,1-8H3/t13-,14-,15-,18+/m1/s1. The van der Waals surface area contributed by atoms with Crippen molar-refractivity contribution in [1.82, 2.24) is 0 Å². The van der Waals surface area contributed by atoms with Gasteiger partial charge in [0, 0.05) is 4.87 Å². The molecule has 0 saturated heterocycles. The zero-order chi connectivity index (χ0) is 18.1. The molecule has 1 aliphatic rings. The van der Waals surface area contributed by atoms with Crippen LogP contribution < -0.4 is 0 Å². The van der Waals surface area contributed by atoms with Gasteiger partial charge in [0.1, 0.15) is 0 Å². The first-order valence-electron chi connectivity index (χ1n) is 8.97. The van der Waals surface area contributed by atoms with Crippen molar-refractivity contribution in [3.05, 3.63) is 0 Å². The molecule has 0 aromatic carbocycles. The van der Waals surface area contributed by atoms with Crippen LogP contribution in [0.1, 0.15) is 54.9 Å². The number of rotatable bonds is 7. The van der Waals surface area contributed by atoms with Gasteiger partial charge in [0.25, 0.3) is 0 Å². The lowest BCUT2D eigenvalue weighted by Crippen LogP contribution is -2.48. The first-order chi connectivity index (χ1) is 10.5. The van der Waals surface area contributed by atoms with Crippen LogP contribution in [0.2, 0.25) is 18.1 Å². The normalized spacial score (nSPS) is 32.1. The summed E-state index contributed by atoms with van der Waals surface area (Å²) in [6.45, 7) is 15.0. The van der Waals surface area contributed by atoms with E-state index in [1.165, 1.54) is 7.11 Å². The molecule has 0 amide bonds. The summed E-state index contributed by atoms with van der Waals surface area (Å²) in [5, 5.41) is 0. The summed E-state index contributed by atoms with van der Waals surface area (Å²) >= 11 is 6.65.